The minimum Gasteiger partial charge on any atom is -0.479 e. The van der Waals surface area contributed by atoms with Gasteiger partial charge in [0.25, 0.3) is 5.91 Å². The molecule has 0 radical (unpaired) electrons. The summed E-state index contributed by atoms with van der Waals surface area (Å²) in [4.78, 5) is 31.6. The number of piperidine rings is 1. The number of carboxylic acid groups (broad SMARTS) is 1. The molecule has 0 spiro atoms. The molecule has 1 aliphatic carbocycles. The smallest absolute Gasteiger partial charge is 0.330 e. The van der Waals surface area contributed by atoms with Crippen molar-refractivity contribution in [3.8, 4) is 0 Å². The quantitative estimate of drug-likeness (QED) is 0.914. The molecule has 132 valence electrons. The first kappa shape index (κ1) is 16.3. The standard InChI is InChI=1S/C18H21N3O3S/c22-16(15-14-4-2-1-3-13(14)11-25-15)20-8-5-18(6-9-20,17(23)24)21-10-7-19-12-21/h7,10-12H,1-6,8-9H2,(H,23,24). The number of rotatable bonds is 3. The maximum absolute atomic E-state index is 13.0. The Morgan fingerprint density at radius 2 is 1.96 bits per heavy atom. The molecule has 0 saturated carbocycles. The zero-order valence-electron chi connectivity index (χ0n) is 14.0. The van der Waals surface area contributed by atoms with Gasteiger partial charge in [0.1, 0.15) is 5.54 Å². The molecule has 2 aliphatic rings. The highest BCUT2D eigenvalue weighted by molar-refractivity contribution is 7.12. The average Bonchev–Trinajstić information content (AvgIpc) is 3.31. The van der Waals surface area contributed by atoms with E-state index in [1.165, 1.54) is 17.5 Å². The van der Waals surface area contributed by atoms with Crippen molar-refractivity contribution >= 4 is 23.2 Å². The summed E-state index contributed by atoms with van der Waals surface area (Å²) < 4.78 is 1.67. The predicted molar refractivity (Wildman–Crippen MR) is 93.9 cm³/mol. The van der Waals surface area contributed by atoms with Crippen molar-refractivity contribution in [1.29, 1.82) is 0 Å². The Bertz CT molecular complexity index is 789. The largest absolute Gasteiger partial charge is 0.479 e. The van der Waals surface area contributed by atoms with Crippen LogP contribution < -0.4 is 0 Å². The van der Waals surface area contributed by atoms with Gasteiger partial charge in [0.05, 0.1) is 11.2 Å². The van der Waals surface area contributed by atoms with Gasteiger partial charge in [0, 0.05) is 25.5 Å². The van der Waals surface area contributed by atoms with E-state index < -0.39 is 11.5 Å². The van der Waals surface area contributed by atoms with Crippen molar-refractivity contribution in [2.24, 2.45) is 0 Å². The number of thiophene rings is 1. The van der Waals surface area contributed by atoms with Gasteiger partial charge in [-0.15, -0.1) is 11.3 Å². The molecule has 1 amide bonds. The van der Waals surface area contributed by atoms with E-state index in [0.717, 1.165) is 24.1 Å². The molecule has 1 saturated heterocycles. The number of carbonyl (C=O) groups is 2. The van der Waals surface area contributed by atoms with Crippen LogP contribution in [0.15, 0.2) is 24.1 Å². The fourth-order valence-electron chi connectivity index (χ4n) is 4.02. The molecule has 0 atom stereocenters. The van der Waals surface area contributed by atoms with Crippen LogP contribution in [0.4, 0.5) is 0 Å². The lowest BCUT2D eigenvalue weighted by Gasteiger charge is -2.39. The zero-order valence-corrected chi connectivity index (χ0v) is 14.8. The van der Waals surface area contributed by atoms with Crippen molar-refractivity contribution < 1.29 is 14.7 Å². The fraction of sp³-hybridized carbons (Fsp3) is 0.500. The molecule has 1 aliphatic heterocycles. The molecule has 1 fully saturated rings. The highest BCUT2D eigenvalue weighted by atomic mass is 32.1. The van der Waals surface area contributed by atoms with Gasteiger partial charge in [-0.05, 0) is 55.0 Å². The first-order valence-corrected chi connectivity index (χ1v) is 9.60. The SMILES string of the molecule is O=C(c1scc2c1CCCC2)N1CCC(C(=O)O)(n2ccnc2)CC1. The Kier molecular flexibility index (Phi) is 4.11. The van der Waals surface area contributed by atoms with E-state index in [0.29, 0.717) is 25.9 Å². The average molecular weight is 359 g/mol. The van der Waals surface area contributed by atoms with Crippen LogP contribution in [0.1, 0.15) is 46.5 Å². The monoisotopic (exact) mass is 359 g/mol. The van der Waals surface area contributed by atoms with Gasteiger partial charge in [-0.2, -0.15) is 0 Å². The summed E-state index contributed by atoms with van der Waals surface area (Å²) in [5.41, 5.74) is 1.56. The number of fused-ring (bicyclic) bond motifs is 1. The van der Waals surface area contributed by atoms with Gasteiger partial charge in [0.15, 0.2) is 0 Å². The Hall–Kier alpha value is -2.15. The van der Waals surface area contributed by atoms with Crippen LogP contribution in [0.2, 0.25) is 0 Å². The Balaban J connectivity index is 1.53. The molecule has 4 rings (SSSR count). The maximum atomic E-state index is 13.0. The molecule has 6 nitrogen and oxygen atoms in total. The van der Waals surface area contributed by atoms with Crippen LogP contribution in [0.5, 0.6) is 0 Å². The zero-order chi connectivity index (χ0) is 17.4. The Morgan fingerprint density at radius 3 is 2.64 bits per heavy atom. The molecule has 0 bridgehead atoms. The van der Waals surface area contributed by atoms with Crippen LogP contribution in [-0.4, -0.2) is 44.5 Å². The van der Waals surface area contributed by atoms with Crippen molar-refractivity contribution in [1.82, 2.24) is 14.5 Å². The Labute approximate surface area is 150 Å². The van der Waals surface area contributed by atoms with Crippen molar-refractivity contribution in [2.45, 2.75) is 44.1 Å². The number of aromatic nitrogens is 2. The molecule has 2 aromatic heterocycles. The van der Waals surface area contributed by atoms with Crippen molar-refractivity contribution in [3.63, 3.8) is 0 Å². The molecule has 3 heterocycles. The molecular weight excluding hydrogens is 338 g/mol. The summed E-state index contributed by atoms with van der Waals surface area (Å²) in [6.45, 7) is 0.909. The van der Waals surface area contributed by atoms with Gasteiger partial charge >= 0.3 is 5.97 Å². The lowest BCUT2D eigenvalue weighted by atomic mass is 9.87. The normalized spacial score (nSPS) is 19.4. The van der Waals surface area contributed by atoms with Crippen LogP contribution in [0.25, 0.3) is 0 Å². The minimum absolute atomic E-state index is 0.0674. The Morgan fingerprint density at radius 1 is 1.20 bits per heavy atom. The van der Waals surface area contributed by atoms with Crippen LogP contribution >= 0.6 is 11.3 Å². The lowest BCUT2D eigenvalue weighted by molar-refractivity contribution is -0.150. The van der Waals surface area contributed by atoms with Crippen LogP contribution in [-0.2, 0) is 23.2 Å². The second-order valence-electron chi connectivity index (χ2n) is 6.87. The third-order valence-electron chi connectivity index (χ3n) is 5.57. The second kappa shape index (κ2) is 6.29. The van der Waals surface area contributed by atoms with Crippen LogP contribution in [0.3, 0.4) is 0 Å². The highest BCUT2D eigenvalue weighted by Gasteiger charge is 2.44. The summed E-state index contributed by atoms with van der Waals surface area (Å²) >= 11 is 1.55. The first-order valence-electron chi connectivity index (χ1n) is 8.72. The van der Waals surface area contributed by atoms with Gasteiger partial charge in [-0.25, -0.2) is 9.78 Å². The first-order chi connectivity index (χ1) is 12.1. The van der Waals surface area contributed by atoms with Gasteiger partial charge < -0.3 is 14.6 Å². The molecule has 0 unspecified atom stereocenters. The third kappa shape index (κ3) is 2.66. The fourth-order valence-corrected chi connectivity index (χ4v) is 5.14. The summed E-state index contributed by atoms with van der Waals surface area (Å²) in [6, 6.07) is 0. The number of likely N-dealkylation sites (tertiary alicyclic amines) is 1. The van der Waals surface area contributed by atoms with E-state index in [-0.39, 0.29) is 5.91 Å². The van der Waals surface area contributed by atoms with Gasteiger partial charge in [-0.3, -0.25) is 4.79 Å². The number of carboxylic acids is 1. The summed E-state index contributed by atoms with van der Waals surface area (Å²) in [7, 11) is 0. The number of carbonyl (C=O) groups excluding carboxylic acids is 1. The number of imidazole rings is 1. The predicted octanol–water partition coefficient (Wildman–Crippen LogP) is 2.54. The van der Waals surface area contributed by atoms with Gasteiger partial charge in [0.2, 0.25) is 0 Å². The van der Waals surface area contributed by atoms with Crippen LogP contribution in [0, 0.1) is 0 Å². The number of amides is 1. The van der Waals surface area contributed by atoms with E-state index in [4.69, 9.17) is 0 Å². The summed E-state index contributed by atoms with van der Waals surface area (Å²) in [6.07, 6.45) is 10.1. The van der Waals surface area contributed by atoms with E-state index in [2.05, 4.69) is 10.4 Å². The molecule has 25 heavy (non-hydrogen) atoms. The van der Waals surface area contributed by atoms with Crippen molar-refractivity contribution in [2.75, 3.05) is 13.1 Å². The summed E-state index contributed by atoms with van der Waals surface area (Å²) in [5.74, 6) is -0.788. The molecule has 0 aromatic carbocycles. The van der Waals surface area contributed by atoms with Crippen molar-refractivity contribution in [3.05, 3.63) is 40.1 Å². The van der Waals surface area contributed by atoms with E-state index >= 15 is 0 Å². The number of hydrogen-bond donors (Lipinski definition) is 1. The minimum atomic E-state index is -0.998. The number of aliphatic carboxylic acids is 1. The summed E-state index contributed by atoms with van der Waals surface area (Å²) in [5, 5.41) is 11.9. The topological polar surface area (TPSA) is 75.4 Å². The number of aryl methyl sites for hydroxylation is 1. The molecule has 7 heteroatoms. The third-order valence-corrected chi connectivity index (χ3v) is 6.63. The van der Waals surface area contributed by atoms with Gasteiger partial charge in [-0.1, -0.05) is 0 Å². The number of nitrogens with zero attached hydrogens (tertiary/aromatic N) is 3. The molecule has 2 aromatic rings. The lowest BCUT2D eigenvalue weighted by Crippen LogP contribution is -2.52. The number of hydrogen-bond acceptors (Lipinski definition) is 4. The van der Waals surface area contributed by atoms with E-state index in [1.807, 2.05) is 4.90 Å². The van der Waals surface area contributed by atoms with E-state index in [1.54, 1.807) is 34.6 Å². The highest BCUT2D eigenvalue weighted by Crippen LogP contribution is 2.34. The molecule has 1 N–H and O–H groups in total. The van der Waals surface area contributed by atoms with E-state index in [9.17, 15) is 14.7 Å². The second-order valence-corrected chi connectivity index (χ2v) is 7.75. The maximum Gasteiger partial charge on any atom is 0.330 e. The molecular formula is C18H21N3O3S.